The number of hydrogen-bond donors (Lipinski definition) is 2. The minimum atomic E-state index is -1.71. The predicted molar refractivity (Wildman–Crippen MR) is 60.4 cm³/mol. The van der Waals surface area contributed by atoms with Crippen molar-refractivity contribution in [3.8, 4) is 0 Å². The van der Waals surface area contributed by atoms with Gasteiger partial charge in [-0.2, -0.15) is 0 Å². The lowest BCUT2D eigenvalue weighted by Gasteiger charge is -2.28. The Hall–Kier alpha value is -1.33. The van der Waals surface area contributed by atoms with E-state index < -0.39 is 11.6 Å². The summed E-state index contributed by atoms with van der Waals surface area (Å²) in [5.74, 6) is -0.402. The molecular weight excluding hydrogens is 222 g/mol. The Balaban J connectivity index is 2.00. The van der Waals surface area contributed by atoms with Crippen molar-refractivity contribution in [3.63, 3.8) is 0 Å². The molecular formula is C12H17NO4. The minimum absolute atomic E-state index is 0.119. The second-order valence-electron chi connectivity index (χ2n) is 4.79. The van der Waals surface area contributed by atoms with E-state index in [0.717, 1.165) is 18.6 Å². The van der Waals surface area contributed by atoms with E-state index in [0.29, 0.717) is 12.6 Å². The Bertz CT molecular complexity index is 381. The summed E-state index contributed by atoms with van der Waals surface area (Å²) in [5.41, 5.74) is -1.71. The fourth-order valence-electron chi connectivity index (χ4n) is 1.82. The zero-order valence-electron chi connectivity index (χ0n) is 9.80. The highest BCUT2D eigenvalue weighted by Gasteiger charge is 2.38. The van der Waals surface area contributed by atoms with Crippen molar-refractivity contribution >= 4 is 5.97 Å². The summed E-state index contributed by atoms with van der Waals surface area (Å²) < 4.78 is 5.25. The van der Waals surface area contributed by atoms with Crippen molar-refractivity contribution in [2.75, 3.05) is 6.54 Å². The third-order valence-electron chi connectivity index (χ3n) is 2.97. The molecule has 1 saturated carbocycles. The second kappa shape index (κ2) is 4.50. The van der Waals surface area contributed by atoms with Crippen molar-refractivity contribution in [2.24, 2.45) is 0 Å². The summed E-state index contributed by atoms with van der Waals surface area (Å²) in [7, 11) is 0. The number of nitrogens with zero attached hydrogens (tertiary/aromatic N) is 1. The van der Waals surface area contributed by atoms with Gasteiger partial charge >= 0.3 is 5.97 Å². The number of furan rings is 1. The van der Waals surface area contributed by atoms with E-state index in [1.807, 2.05) is 11.0 Å². The largest absolute Gasteiger partial charge is 0.479 e. The van der Waals surface area contributed by atoms with Gasteiger partial charge in [0.25, 0.3) is 0 Å². The highest BCUT2D eigenvalue weighted by Crippen LogP contribution is 2.29. The van der Waals surface area contributed by atoms with Crippen molar-refractivity contribution in [2.45, 2.75) is 38.0 Å². The average Bonchev–Trinajstić information content (AvgIpc) is 2.97. The van der Waals surface area contributed by atoms with Crippen LogP contribution in [0.5, 0.6) is 0 Å². The fourth-order valence-corrected chi connectivity index (χ4v) is 1.82. The van der Waals surface area contributed by atoms with Crippen molar-refractivity contribution in [3.05, 3.63) is 24.2 Å². The van der Waals surface area contributed by atoms with Crippen molar-refractivity contribution < 1.29 is 19.4 Å². The number of aliphatic hydroxyl groups is 1. The third-order valence-corrected chi connectivity index (χ3v) is 2.97. The first-order valence-electron chi connectivity index (χ1n) is 5.71. The molecule has 1 unspecified atom stereocenters. The average molecular weight is 239 g/mol. The molecule has 0 radical (unpaired) electrons. The second-order valence-corrected chi connectivity index (χ2v) is 4.79. The topological polar surface area (TPSA) is 73.9 Å². The molecule has 1 heterocycles. The standard InChI is InChI=1S/C12H17NO4/c1-12(16,11(14)15)8-13(9-4-5-9)7-10-3-2-6-17-10/h2-3,6,9,16H,4-5,7-8H2,1H3,(H,14,15). The van der Waals surface area contributed by atoms with Crippen LogP contribution in [0.2, 0.25) is 0 Å². The zero-order valence-corrected chi connectivity index (χ0v) is 9.80. The first kappa shape index (κ1) is 12.1. The van der Waals surface area contributed by atoms with Gasteiger partial charge in [0.05, 0.1) is 12.8 Å². The minimum Gasteiger partial charge on any atom is -0.479 e. The number of rotatable bonds is 6. The summed E-state index contributed by atoms with van der Waals surface area (Å²) in [4.78, 5) is 12.9. The van der Waals surface area contributed by atoms with Crippen LogP contribution in [0.4, 0.5) is 0 Å². The van der Waals surface area contributed by atoms with Gasteiger partial charge in [-0.3, -0.25) is 4.90 Å². The van der Waals surface area contributed by atoms with Crippen LogP contribution in [0.15, 0.2) is 22.8 Å². The Morgan fingerprint density at radius 2 is 2.35 bits per heavy atom. The lowest BCUT2D eigenvalue weighted by Crippen LogP contribution is -2.47. The Morgan fingerprint density at radius 1 is 1.65 bits per heavy atom. The molecule has 2 N–H and O–H groups in total. The van der Waals surface area contributed by atoms with Crippen LogP contribution in [-0.4, -0.2) is 39.3 Å². The molecule has 0 aromatic carbocycles. The summed E-state index contributed by atoms with van der Waals surface area (Å²) in [6, 6.07) is 4.02. The lowest BCUT2D eigenvalue weighted by atomic mass is 10.1. The molecule has 1 aromatic heterocycles. The van der Waals surface area contributed by atoms with Gasteiger partial charge in [-0.15, -0.1) is 0 Å². The van der Waals surface area contributed by atoms with Crippen molar-refractivity contribution in [1.82, 2.24) is 4.90 Å². The Kier molecular flexibility index (Phi) is 3.22. The van der Waals surface area contributed by atoms with Crippen LogP contribution in [0.25, 0.3) is 0 Å². The molecule has 0 amide bonds. The van der Waals surface area contributed by atoms with Crippen LogP contribution >= 0.6 is 0 Å². The molecule has 0 aliphatic heterocycles. The summed E-state index contributed by atoms with van der Waals surface area (Å²) in [5, 5.41) is 18.7. The van der Waals surface area contributed by atoms with E-state index in [1.165, 1.54) is 6.92 Å². The maximum Gasteiger partial charge on any atom is 0.336 e. The maximum atomic E-state index is 10.9. The monoisotopic (exact) mass is 239 g/mol. The molecule has 0 bridgehead atoms. The van der Waals surface area contributed by atoms with E-state index in [2.05, 4.69) is 0 Å². The Morgan fingerprint density at radius 3 is 2.82 bits per heavy atom. The molecule has 94 valence electrons. The molecule has 1 atom stereocenters. The highest BCUT2D eigenvalue weighted by molar-refractivity contribution is 5.76. The molecule has 0 saturated heterocycles. The van der Waals surface area contributed by atoms with Crippen LogP contribution in [0, 0.1) is 0 Å². The normalized spacial score (nSPS) is 19.2. The van der Waals surface area contributed by atoms with Gasteiger partial charge in [-0.1, -0.05) is 0 Å². The van der Waals surface area contributed by atoms with E-state index in [1.54, 1.807) is 12.3 Å². The van der Waals surface area contributed by atoms with E-state index >= 15 is 0 Å². The van der Waals surface area contributed by atoms with Crippen LogP contribution < -0.4 is 0 Å². The van der Waals surface area contributed by atoms with Gasteiger partial charge in [0.1, 0.15) is 5.76 Å². The number of carboxylic acid groups (broad SMARTS) is 1. The smallest absolute Gasteiger partial charge is 0.336 e. The molecule has 0 spiro atoms. The van der Waals surface area contributed by atoms with E-state index in [9.17, 15) is 9.90 Å². The molecule has 5 heteroatoms. The molecule has 1 aromatic rings. The first-order chi connectivity index (χ1) is 7.99. The van der Waals surface area contributed by atoms with Gasteiger partial charge in [-0.25, -0.2) is 4.79 Å². The number of hydrogen-bond acceptors (Lipinski definition) is 4. The van der Waals surface area contributed by atoms with Gasteiger partial charge < -0.3 is 14.6 Å². The summed E-state index contributed by atoms with van der Waals surface area (Å²) >= 11 is 0. The predicted octanol–water partition coefficient (Wildman–Crippen LogP) is 1.08. The molecule has 5 nitrogen and oxygen atoms in total. The van der Waals surface area contributed by atoms with Gasteiger partial charge in [0.2, 0.25) is 0 Å². The van der Waals surface area contributed by atoms with Gasteiger partial charge in [0.15, 0.2) is 5.60 Å². The van der Waals surface area contributed by atoms with Gasteiger partial charge in [0, 0.05) is 12.6 Å². The first-order valence-corrected chi connectivity index (χ1v) is 5.71. The number of aliphatic carboxylic acids is 1. The molecule has 2 rings (SSSR count). The van der Waals surface area contributed by atoms with Crippen LogP contribution in [0.3, 0.4) is 0 Å². The SMILES string of the molecule is CC(O)(CN(Cc1ccco1)C1CC1)C(=O)O. The lowest BCUT2D eigenvalue weighted by molar-refractivity contribution is -0.158. The van der Waals surface area contributed by atoms with Gasteiger partial charge in [-0.05, 0) is 31.9 Å². The fraction of sp³-hybridized carbons (Fsp3) is 0.583. The zero-order chi connectivity index (χ0) is 12.5. The molecule has 1 aliphatic rings. The number of carbonyl (C=O) groups is 1. The van der Waals surface area contributed by atoms with E-state index in [4.69, 9.17) is 9.52 Å². The molecule has 17 heavy (non-hydrogen) atoms. The molecule has 1 fully saturated rings. The summed E-state index contributed by atoms with van der Waals surface area (Å²) in [6.07, 6.45) is 3.70. The summed E-state index contributed by atoms with van der Waals surface area (Å²) in [6.45, 7) is 1.99. The third kappa shape index (κ3) is 3.08. The molecule has 1 aliphatic carbocycles. The van der Waals surface area contributed by atoms with Crippen LogP contribution in [-0.2, 0) is 11.3 Å². The highest BCUT2D eigenvalue weighted by atomic mass is 16.4. The van der Waals surface area contributed by atoms with Crippen molar-refractivity contribution in [1.29, 1.82) is 0 Å². The van der Waals surface area contributed by atoms with Crippen LogP contribution in [0.1, 0.15) is 25.5 Å². The number of carboxylic acids is 1. The quantitative estimate of drug-likeness (QED) is 0.777. The Labute approximate surface area is 99.6 Å². The maximum absolute atomic E-state index is 10.9. The van der Waals surface area contributed by atoms with E-state index in [-0.39, 0.29) is 6.54 Å².